The van der Waals surface area contributed by atoms with E-state index in [0.717, 1.165) is 44.8 Å². The number of carbonyl (C=O) groups excluding carboxylic acids is 1. The maximum absolute atomic E-state index is 13.7. The van der Waals surface area contributed by atoms with Crippen molar-refractivity contribution >= 4 is 22.8 Å². The number of nitrogen functional groups attached to an aromatic ring is 1. The standard InChI is InChI=1S/C20H27F3N6O/c1-12-5-8-28(9-6-12)16(30)11-29-7-3-2-4-15(29)14-10-13(20(21,22)23)17-18(24)26-27-19(17)25-14/h10,12,15H,2-9,11H2,1H3,(H3,24,25,26,27)/t15-/m0/s1. The Kier molecular flexibility index (Phi) is 5.61. The number of nitrogens with zero attached hydrogens (tertiary/aromatic N) is 4. The zero-order valence-electron chi connectivity index (χ0n) is 17.0. The molecule has 4 rings (SSSR count). The van der Waals surface area contributed by atoms with Gasteiger partial charge in [-0.1, -0.05) is 13.3 Å². The number of pyridine rings is 1. The van der Waals surface area contributed by atoms with Crippen molar-refractivity contribution in [2.45, 2.75) is 51.2 Å². The highest BCUT2D eigenvalue weighted by Gasteiger charge is 2.37. The molecule has 0 saturated carbocycles. The molecule has 7 nitrogen and oxygen atoms in total. The molecular formula is C20H27F3N6O. The topological polar surface area (TPSA) is 91.1 Å². The van der Waals surface area contributed by atoms with Gasteiger partial charge in [0, 0.05) is 13.1 Å². The van der Waals surface area contributed by atoms with Crippen LogP contribution in [0.3, 0.4) is 0 Å². The van der Waals surface area contributed by atoms with Gasteiger partial charge in [-0.05, 0) is 44.2 Å². The summed E-state index contributed by atoms with van der Waals surface area (Å²) in [6.45, 7) is 4.53. The molecule has 2 aromatic rings. The van der Waals surface area contributed by atoms with E-state index >= 15 is 0 Å². The maximum atomic E-state index is 13.7. The molecule has 0 spiro atoms. The number of aromatic nitrogens is 3. The summed E-state index contributed by atoms with van der Waals surface area (Å²) < 4.78 is 41.1. The number of amides is 1. The Morgan fingerprint density at radius 3 is 2.67 bits per heavy atom. The van der Waals surface area contributed by atoms with Gasteiger partial charge in [0.05, 0.1) is 29.2 Å². The minimum absolute atomic E-state index is 0.0370. The number of aromatic amines is 1. The van der Waals surface area contributed by atoms with Gasteiger partial charge >= 0.3 is 6.18 Å². The van der Waals surface area contributed by atoms with E-state index < -0.39 is 11.7 Å². The number of H-pyrrole nitrogens is 1. The van der Waals surface area contributed by atoms with Crippen molar-refractivity contribution in [3.05, 3.63) is 17.3 Å². The largest absolute Gasteiger partial charge is 0.417 e. The molecule has 2 aliphatic rings. The summed E-state index contributed by atoms with van der Waals surface area (Å²) in [5, 5.41) is 6.06. The molecule has 0 radical (unpaired) electrons. The molecule has 3 N–H and O–H groups in total. The molecule has 0 bridgehead atoms. The van der Waals surface area contributed by atoms with Gasteiger partial charge in [0.25, 0.3) is 0 Å². The molecule has 164 valence electrons. The molecule has 30 heavy (non-hydrogen) atoms. The van der Waals surface area contributed by atoms with Gasteiger partial charge in [-0.2, -0.15) is 18.3 Å². The van der Waals surface area contributed by atoms with Gasteiger partial charge in [-0.15, -0.1) is 0 Å². The molecule has 2 saturated heterocycles. The van der Waals surface area contributed by atoms with Crippen LogP contribution < -0.4 is 5.73 Å². The predicted octanol–water partition coefficient (Wildman–Crippen LogP) is 3.34. The zero-order chi connectivity index (χ0) is 21.5. The second kappa shape index (κ2) is 8.05. The molecule has 0 aromatic carbocycles. The number of anilines is 1. The number of piperidine rings is 2. The molecule has 2 aliphatic heterocycles. The van der Waals surface area contributed by atoms with Crippen molar-refractivity contribution in [2.24, 2.45) is 5.92 Å². The smallest absolute Gasteiger partial charge is 0.383 e. The van der Waals surface area contributed by atoms with E-state index in [1.54, 1.807) is 0 Å². The minimum Gasteiger partial charge on any atom is -0.383 e. The molecule has 1 amide bonds. The van der Waals surface area contributed by atoms with Gasteiger partial charge in [0.2, 0.25) is 5.91 Å². The second-order valence-electron chi connectivity index (χ2n) is 8.47. The number of nitrogens with one attached hydrogen (secondary N) is 1. The van der Waals surface area contributed by atoms with E-state index in [9.17, 15) is 18.0 Å². The monoisotopic (exact) mass is 424 g/mol. The van der Waals surface area contributed by atoms with Crippen molar-refractivity contribution in [2.75, 3.05) is 31.9 Å². The molecule has 1 atom stereocenters. The van der Waals surface area contributed by atoms with Crippen LogP contribution in [0.4, 0.5) is 19.0 Å². The molecule has 2 fully saturated rings. The lowest BCUT2D eigenvalue weighted by Crippen LogP contribution is -2.46. The molecule has 10 heteroatoms. The van der Waals surface area contributed by atoms with E-state index in [0.29, 0.717) is 24.6 Å². The van der Waals surface area contributed by atoms with Crippen molar-refractivity contribution in [1.82, 2.24) is 25.0 Å². The van der Waals surface area contributed by atoms with E-state index in [2.05, 4.69) is 22.1 Å². The number of carbonyl (C=O) groups is 1. The van der Waals surface area contributed by atoms with Crippen molar-refractivity contribution < 1.29 is 18.0 Å². The van der Waals surface area contributed by atoms with Crippen LogP contribution in [0.1, 0.15) is 56.3 Å². The van der Waals surface area contributed by atoms with Gasteiger partial charge in [-0.3, -0.25) is 14.8 Å². The zero-order valence-corrected chi connectivity index (χ0v) is 17.0. The number of hydrogen-bond acceptors (Lipinski definition) is 5. The lowest BCUT2D eigenvalue weighted by atomic mass is 9.96. The summed E-state index contributed by atoms with van der Waals surface area (Å²) >= 11 is 0. The SMILES string of the molecule is CC1CCN(C(=O)CN2CCCC[C@H]2c2cc(C(F)(F)F)c3c(N)[nH]nc3n2)CC1. The van der Waals surface area contributed by atoms with Crippen LogP contribution in [0, 0.1) is 5.92 Å². The van der Waals surface area contributed by atoms with Crippen LogP contribution >= 0.6 is 0 Å². The number of hydrogen-bond donors (Lipinski definition) is 2. The predicted molar refractivity (Wildman–Crippen MR) is 106 cm³/mol. The van der Waals surface area contributed by atoms with Gasteiger partial charge in [0.1, 0.15) is 5.82 Å². The van der Waals surface area contributed by atoms with Crippen LogP contribution in [-0.2, 0) is 11.0 Å². The van der Waals surface area contributed by atoms with Gasteiger partial charge in [0.15, 0.2) is 5.65 Å². The highest BCUT2D eigenvalue weighted by Crippen LogP contribution is 2.39. The van der Waals surface area contributed by atoms with E-state index in [-0.39, 0.29) is 35.3 Å². The first-order valence-corrected chi connectivity index (χ1v) is 10.5. The Balaban J connectivity index is 1.61. The van der Waals surface area contributed by atoms with E-state index in [1.807, 2.05) is 9.80 Å². The Morgan fingerprint density at radius 1 is 1.23 bits per heavy atom. The van der Waals surface area contributed by atoms with Crippen LogP contribution in [-0.4, -0.2) is 57.1 Å². The number of fused-ring (bicyclic) bond motifs is 1. The number of alkyl halides is 3. The second-order valence-corrected chi connectivity index (χ2v) is 8.47. The third-order valence-corrected chi connectivity index (χ3v) is 6.31. The molecule has 4 heterocycles. The Hall–Kier alpha value is -2.36. The summed E-state index contributed by atoms with van der Waals surface area (Å²) in [6.07, 6.45) is -0.162. The van der Waals surface area contributed by atoms with Crippen molar-refractivity contribution in [1.29, 1.82) is 0 Å². The Morgan fingerprint density at radius 2 is 1.97 bits per heavy atom. The molecule has 2 aromatic heterocycles. The first-order valence-electron chi connectivity index (χ1n) is 10.5. The summed E-state index contributed by atoms with van der Waals surface area (Å²) in [7, 11) is 0. The van der Waals surface area contributed by atoms with Crippen LogP contribution in [0.25, 0.3) is 11.0 Å². The Bertz CT molecular complexity index is 919. The minimum atomic E-state index is -4.58. The average molecular weight is 424 g/mol. The molecule has 0 aliphatic carbocycles. The average Bonchev–Trinajstić information content (AvgIpc) is 3.08. The summed E-state index contributed by atoms with van der Waals surface area (Å²) in [4.78, 5) is 21.1. The number of rotatable bonds is 3. The summed E-state index contributed by atoms with van der Waals surface area (Å²) in [5.74, 6) is 0.510. The fraction of sp³-hybridized carbons (Fsp3) is 0.650. The lowest BCUT2D eigenvalue weighted by molar-refractivity contribution is -0.137. The van der Waals surface area contributed by atoms with Gasteiger partial charge < -0.3 is 10.6 Å². The highest BCUT2D eigenvalue weighted by molar-refractivity contribution is 5.89. The third-order valence-electron chi connectivity index (χ3n) is 6.31. The third kappa shape index (κ3) is 4.10. The molecule has 0 unspecified atom stereocenters. The first-order chi connectivity index (χ1) is 14.2. The normalized spacial score (nSPS) is 22.0. The number of likely N-dealkylation sites (tertiary alicyclic amines) is 2. The van der Waals surface area contributed by atoms with Gasteiger partial charge in [-0.25, -0.2) is 4.98 Å². The highest BCUT2D eigenvalue weighted by atomic mass is 19.4. The van der Waals surface area contributed by atoms with E-state index in [4.69, 9.17) is 5.73 Å². The number of nitrogens with two attached hydrogens (primary N) is 1. The van der Waals surface area contributed by atoms with Crippen LogP contribution in [0.5, 0.6) is 0 Å². The van der Waals surface area contributed by atoms with Crippen LogP contribution in [0.2, 0.25) is 0 Å². The fourth-order valence-electron chi connectivity index (χ4n) is 4.51. The van der Waals surface area contributed by atoms with E-state index in [1.165, 1.54) is 0 Å². The quantitative estimate of drug-likeness (QED) is 0.789. The number of halogens is 3. The van der Waals surface area contributed by atoms with Crippen molar-refractivity contribution in [3.8, 4) is 0 Å². The summed E-state index contributed by atoms with van der Waals surface area (Å²) in [6, 6.07) is 0.722. The fourth-order valence-corrected chi connectivity index (χ4v) is 4.51. The lowest BCUT2D eigenvalue weighted by Gasteiger charge is -2.37. The van der Waals surface area contributed by atoms with Crippen LogP contribution in [0.15, 0.2) is 6.07 Å². The summed E-state index contributed by atoms with van der Waals surface area (Å²) in [5.41, 5.74) is 5.08. The first kappa shape index (κ1) is 20.9. The van der Waals surface area contributed by atoms with Crippen molar-refractivity contribution in [3.63, 3.8) is 0 Å². The Labute approximate surface area is 172 Å². The molecular weight excluding hydrogens is 397 g/mol. The maximum Gasteiger partial charge on any atom is 0.417 e.